The molecular weight excluding hydrogens is 422 g/mol. The van der Waals surface area contributed by atoms with Crippen LogP contribution in [0.4, 0.5) is 5.69 Å². The SMILES string of the molecule is CC(C)N=c1ccccn1C(=O)COc1ccc(N(C)S(=O)(=O)c2cccs2)cc1. The molecule has 2 aromatic heterocycles. The summed E-state index contributed by atoms with van der Waals surface area (Å²) in [6.07, 6.45) is 1.65. The van der Waals surface area contributed by atoms with Crippen molar-refractivity contribution < 1.29 is 17.9 Å². The van der Waals surface area contributed by atoms with Crippen molar-refractivity contribution in [1.29, 1.82) is 0 Å². The second kappa shape index (κ2) is 9.27. The molecule has 0 spiro atoms. The molecule has 0 bridgehead atoms. The lowest BCUT2D eigenvalue weighted by molar-refractivity contribution is 0.0831. The molecule has 3 rings (SSSR count). The molecule has 0 saturated carbocycles. The molecule has 7 nitrogen and oxygen atoms in total. The predicted octanol–water partition coefficient (Wildman–Crippen LogP) is 3.40. The molecule has 30 heavy (non-hydrogen) atoms. The van der Waals surface area contributed by atoms with Crippen molar-refractivity contribution in [2.75, 3.05) is 18.0 Å². The topological polar surface area (TPSA) is 81.0 Å². The number of thiophene rings is 1. The Bertz CT molecular complexity index is 1170. The van der Waals surface area contributed by atoms with Crippen molar-refractivity contribution in [3.63, 3.8) is 0 Å². The summed E-state index contributed by atoms with van der Waals surface area (Å²) < 4.78 is 33.8. The Hall–Kier alpha value is -2.91. The first kappa shape index (κ1) is 21.8. The summed E-state index contributed by atoms with van der Waals surface area (Å²) in [7, 11) is -2.09. The highest BCUT2D eigenvalue weighted by Crippen LogP contribution is 2.26. The van der Waals surface area contributed by atoms with Crippen LogP contribution in [-0.4, -0.2) is 38.6 Å². The lowest BCUT2D eigenvalue weighted by atomic mass is 10.3. The summed E-state index contributed by atoms with van der Waals surface area (Å²) in [4.78, 5) is 17.0. The Labute approximate surface area is 179 Å². The van der Waals surface area contributed by atoms with Crippen LogP contribution in [0.15, 0.2) is 75.4 Å². The van der Waals surface area contributed by atoms with Crippen molar-refractivity contribution in [2.45, 2.75) is 24.1 Å². The van der Waals surface area contributed by atoms with E-state index in [-0.39, 0.29) is 22.8 Å². The number of anilines is 1. The molecule has 9 heteroatoms. The van der Waals surface area contributed by atoms with Crippen LogP contribution < -0.4 is 14.5 Å². The van der Waals surface area contributed by atoms with Crippen LogP contribution in [0.5, 0.6) is 5.75 Å². The number of hydrogen-bond acceptors (Lipinski definition) is 6. The van der Waals surface area contributed by atoms with Crippen LogP contribution in [0, 0.1) is 0 Å². The van der Waals surface area contributed by atoms with Gasteiger partial charge in [-0.1, -0.05) is 12.1 Å². The Morgan fingerprint density at radius 3 is 2.50 bits per heavy atom. The highest BCUT2D eigenvalue weighted by Gasteiger charge is 2.22. The van der Waals surface area contributed by atoms with E-state index in [9.17, 15) is 13.2 Å². The number of aromatic nitrogens is 1. The zero-order valence-corrected chi connectivity index (χ0v) is 18.6. The predicted molar refractivity (Wildman–Crippen MR) is 118 cm³/mol. The molecule has 0 aliphatic heterocycles. The van der Waals surface area contributed by atoms with Gasteiger partial charge in [-0.25, -0.2) is 8.42 Å². The molecule has 0 aliphatic carbocycles. The molecule has 2 heterocycles. The normalized spacial score (nSPS) is 12.2. The zero-order valence-electron chi connectivity index (χ0n) is 16.9. The Kier molecular flexibility index (Phi) is 6.73. The van der Waals surface area contributed by atoms with Crippen LogP contribution in [0.3, 0.4) is 0 Å². The maximum atomic E-state index is 12.6. The van der Waals surface area contributed by atoms with Gasteiger partial charge < -0.3 is 4.74 Å². The standard InChI is InChI=1S/C21H23N3O4S2/c1-16(2)22-19-7-4-5-13-24(19)20(25)15-28-18-11-9-17(10-12-18)23(3)30(26,27)21-8-6-14-29-21/h4-14,16H,15H2,1-3H3. The lowest BCUT2D eigenvalue weighted by Crippen LogP contribution is -2.31. The van der Waals surface area contributed by atoms with Gasteiger partial charge in [-0.15, -0.1) is 11.3 Å². The van der Waals surface area contributed by atoms with Crippen molar-refractivity contribution in [2.24, 2.45) is 4.99 Å². The molecule has 0 amide bonds. The van der Waals surface area contributed by atoms with E-state index in [1.54, 1.807) is 60.1 Å². The molecule has 1 aromatic carbocycles. The quantitative estimate of drug-likeness (QED) is 0.558. The molecule has 0 unspecified atom stereocenters. The smallest absolute Gasteiger partial charge is 0.273 e. The van der Waals surface area contributed by atoms with E-state index in [2.05, 4.69) is 4.99 Å². The molecule has 0 atom stereocenters. The molecule has 0 radical (unpaired) electrons. The van der Waals surface area contributed by atoms with Crippen molar-refractivity contribution >= 4 is 33.0 Å². The van der Waals surface area contributed by atoms with Crippen LogP contribution in [0.2, 0.25) is 0 Å². The summed E-state index contributed by atoms with van der Waals surface area (Å²) in [6, 6.07) is 15.2. The number of hydrogen-bond donors (Lipinski definition) is 0. The fourth-order valence-corrected chi connectivity index (χ4v) is 5.02. The molecule has 0 N–H and O–H groups in total. The molecule has 0 aliphatic rings. The zero-order chi connectivity index (χ0) is 21.7. The van der Waals surface area contributed by atoms with Gasteiger partial charge >= 0.3 is 0 Å². The van der Waals surface area contributed by atoms with Crippen LogP contribution in [0.25, 0.3) is 0 Å². The van der Waals surface area contributed by atoms with Crippen LogP contribution in [0.1, 0.15) is 18.6 Å². The third-order valence-corrected chi connectivity index (χ3v) is 7.33. The monoisotopic (exact) mass is 445 g/mol. The number of sulfonamides is 1. The first-order chi connectivity index (χ1) is 14.3. The minimum absolute atomic E-state index is 0.0577. The Morgan fingerprint density at radius 2 is 1.87 bits per heavy atom. The number of ether oxygens (including phenoxy) is 1. The van der Waals surface area contributed by atoms with Gasteiger partial charge in [0.15, 0.2) is 6.61 Å². The van der Waals surface area contributed by atoms with E-state index in [4.69, 9.17) is 4.74 Å². The highest BCUT2D eigenvalue weighted by atomic mass is 32.2. The van der Waals surface area contributed by atoms with E-state index >= 15 is 0 Å². The molecule has 158 valence electrons. The summed E-state index contributed by atoms with van der Waals surface area (Å²) in [5.74, 6) is 0.212. The van der Waals surface area contributed by atoms with Gasteiger partial charge in [0, 0.05) is 19.3 Å². The second-order valence-electron chi connectivity index (χ2n) is 6.73. The second-order valence-corrected chi connectivity index (χ2v) is 9.88. The van der Waals surface area contributed by atoms with E-state index in [0.29, 0.717) is 16.9 Å². The number of carbonyl (C=O) groups is 1. The summed E-state index contributed by atoms with van der Waals surface area (Å²) in [5, 5.41) is 1.72. The number of benzene rings is 1. The fraction of sp³-hybridized carbons (Fsp3) is 0.238. The van der Waals surface area contributed by atoms with E-state index in [1.807, 2.05) is 19.9 Å². The van der Waals surface area contributed by atoms with Gasteiger partial charge in [0.25, 0.3) is 15.9 Å². The maximum Gasteiger partial charge on any atom is 0.273 e. The lowest BCUT2D eigenvalue weighted by Gasteiger charge is -2.18. The van der Waals surface area contributed by atoms with Crippen molar-refractivity contribution in [3.05, 3.63) is 71.7 Å². The Balaban J connectivity index is 1.69. The largest absolute Gasteiger partial charge is 0.484 e. The van der Waals surface area contributed by atoms with E-state index in [1.165, 1.54) is 27.3 Å². The minimum Gasteiger partial charge on any atom is -0.484 e. The van der Waals surface area contributed by atoms with Crippen LogP contribution >= 0.6 is 11.3 Å². The number of carbonyl (C=O) groups excluding carboxylic acids is 1. The van der Waals surface area contributed by atoms with Gasteiger partial charge in [0.2, 0.25) is 0 Å². The third-order valence-electron chi connectivity index (χ3n) is 4.17. The number of pyridine rings is 1. The molecule has 0 fully saturated rings. The first-order valence-electron chi connectivity index (χ1n) is 9.29. The summed E-state index contributed by atoms with van der Waals surface area (Å²) >= 11 is 1.17. The Morgan fingerprint density at radius 1 is 1.13 bits per heavy atom. The number of rotatable bonds is 7. The average molecular weight is 446 g/mol. The van der Waals surface area contributed by atoms with Crippen LogP contribution in [-0.2, 0) is 10.0 Å². The van der Waals surface area contributed by atoms with E-state index in [0.717, 1.165) is 0 Å². The highest BCUT2D eigenvalue weighted by molar-refractivity contribution is 7.94. The minimum atomic E-state index is -3.59. The molecular formula is C21H23N3O4S2. The van der Waals surface area contributed by atoms with Gasteiger partial charge in [0.05, 0.1) is 5.69 Å². The first-order valence-corrected chi connectivity index (χ1v) is 11.6. The van der Waals surface area contributed by atoms with Gasteiger partial charge in [0.1, 0.15) is 15.4 Å². The summed E-state index contributed by atoms with van der Waals surface area (Å²) in [5.41, 5.74) is 1.06. The fourth-order valence-electron chi connectivity index (χ4n) is 2.67. The summed E-state index contributed by atoms with van der Waals surface area (Å²) in [6.45, 7) is 3.71. The average Bonchev–Trinajstić information content (AvgIpc) is 3.28. The van der Waals surface area contributed by atoms with Gasteiger partial charge in [-0.3, -0.25) is 18.7 Å². The molecule has 3 aromatic rings. The third kappa shape index (κ3) is 4.98. The van der Waals surface area contributed by atoms with E-state index < -0.39 is 10.0 Å². The van der Waals surface area contributed by atoms with Gasteiger partial charge in [-0.05, 0) is 61.7 Å². The number of nitrogens with zero attached hydrogens (tertiary/aromatic N) is 3. The maximum absolute atomic E-state index is 12.6. The van der Waals surface area contributed by atoms with Gasteiger partial charge in [-0.2, -0.15) is 0 Å². The van der Waals surface area contributed by atoms with Crippen molar-refractivity contribution in [1.82, 2.24) is 4.57 Å². The molecule has 0 saturated heterocycles. The van der Waals surface area contributed by atoms with Crippen molar-refractivity contribution in [3.8, 4) is 5.75 Å².